The topological polar surface area (TPSA) is 0 Å². The van der Waals surface area contributed by atoms with Crippen molar-refractivity contribution in [2.24, 2.45) is 0 Å². The molecule has 0 fully saturated rings. The lowest BCUT2D eigenvalue weighted by molar-refractivity contribution is -0.206. The van der Waals surface area contributed by atoms with Gasteiger partial charge in [-0.05, 0) is 0 Å². The first-order chi connectivity index (χ1) is 5.97. The summed E-state index contributed by atoms with van der Waals surface area (Å²) >= 11 is 0. The molecule has 86 valence electrons. The van der Waals surface area contributed by atoms with Gasteiger partial charge in [0.1, 0.15) is 6.42 Å². The molecule has 0 unspecified atom stereocenters. The van der Waals surface area contributed by atoms with Crippen LogP contribution in [-0.2, 0) is 0 Å². The zero-order valence-electron chi connectivity index (χ0n) is 7.27. The molecule has 0 nitrogen and oxygen atoms in total. The van der Waals surface area contributed by atoms with Gasteiger partial charge in [-0.25, -0.2) is 17.6 Å². The minimum Gasteiger partial charge on any atom is -0.207 e. The Morgan fingerprint density at radius 1 is 0.714 bits per heavy atom. The number of hydrogen-bond acceptors (Lipinski definition) is 0. The van der Waals surface area contributed by atoms with E-state index in [-0.39, 0.29) is 0 Å². The Bertz CT molecular complexity index is 181. The van der Waals surface area contributed by atoms with Crippen LogP contribution in [-0.4, -0.2) is 18.0 Å². The third kappa shape index (κ3) is 6.04. The van der Waals surface area contributed by atoms with E-state index in [2.05, 4.69) is 0 Å². The predicted molar refractivity (Wildman–Crippen MR) is 35.5 cm³/mol. The molecule has 0 aromatic heterocycles. The molecular formula is C7H9F7. The molecule has 0 aliphatic carbocycles. The van der Waals surface area contributed by atoms with E-state index in [4.69, 9.17) is 0 Å². The van der Waals surface area contributed by atoms with Crippen molar-refractivity contribution >= 4 is 0 Å². The maximum absolute atomic E-state index is 12.4. The van der Waals surface area contributed by atoms with E-state index >= 15 is 0 Å². The van der Waals surface area contributed by atoms with E-state index < -0.39 is 37.3 Å². The van der Waals surface area contributed by atoms with Gasteiger partial charge in [-0.15, -0.1) is 0 Å². The lowest BCUT2D eigenvalue weighted by Gasteiger charge is -2.22. The molecule has 7 heteroatoms. The quantitative estimate of drug-likeness (QED) is 0.635. The second-order valence-electron chi connectivity index (χ2n) is 3.03. The van der Waals surface area contributed by atoms with Crippen LogP contribution in [0.2, 0.25) is 0 Å². The van der Waals surface area contributed by atoms with Gasteiger partial charge in [0, 0.05) is 6.42 Å². The van der Waals surface area contributed by atoms with E-state index in [0.29, 0.717) is 0 Å². The first-order valence-electron chi connectivity index (χ1n) is 3.80. The zero-order valence-corrected chi connectivity index (χ0v) is 7.27. The Balaban J connectivity index is 4.35. The smallest absolute Gasteiger partial charge is 0.207 e. The van der Waals surface area contributed by atoms with E-state index in [1.54, 1.807) is 0 Å². The highest BCUT2D eigenvalue weighted by Crippen LogP contribution is 2.39. The van der Waals surface area contributed by atoms with Crippen LogP contribution >= 0.6 is 0 Å². The van der Waals surface area contributed by atoms with Gasteiger partial charge in [-0.1, -0.05) is 6.92 Å². The number of rotatable bonds is 4. The predicted octanol–water partition coefficient (Wildman–Crippen LogP) is 4.01. The summed E-state index contributed by atoms with van der Waals surface area (Å²) in [5, 5.41) is 0. The maximum atomic E-state index is 12.4. The summed E-state index contributed by atoms with van der Waals surface area (Å²) in [7, 11) is 0. The van der Waals surface area contributed by atoms with Gasteiger partial charge in [0.25, 0.3) is 11.8 Å². The molecule has 0 aromatic rings. The van der Waals surface area contributed by atoms with Crippen LogP contribution in [0, 0.1) is 0 Å². The number of alkyl halides is 7. The van der Waals surface area contributed by atoms with Crippen molar-refractivity contribution in [1.29, 1.82) is 0 Å². The second kappa shape index (κ2) is 3.94. The van der Waals surface area contributed by atoms with E-state index in [0.717, 1.165) is 6.92 Å². The summed E-state index contributed by atoms with van der Waals surface area (Å²) in [6, 6.07) is 0. The first kappa shape index (κ1) is 13.5. The number of halogens is 7. The molecule has 0 amide bonds. The summed E-state index contributed by atoms with van der Waals surface area (Å²) in [5.74, 6) is -8.16. The molecule has 0 aliphatic heterocycles. The van der Waals surface area contributed by atoms with Crippen molar-refractivity contribution in [1.82, 2.24) is 0 Å². The fraction of sp³-hybridized carbons (Fsp3) is 1.00. The molecule has 0 saturated heterocycles. The Hall–Kier alpha value is -0.490. The van der Waals surface area contributed by atoms with Gasteiger partial charge in [-0.2, -0.15) is 13.2 Å². The maximum Gasteiger partial charge on any atom is 0.394 e. The molecule has 0 bridgehead atoms. The summed E-state index contributed by atoms with van der Waals surface area (Å²) in [5.41, 5.74) is 0. The van der Waals surface area contributed by atoms with Crippen molar-refractivity contribution in [2.75, 3.05) is 0 Å². The van der Waals surface area contributed by atoms with Crippen molar-refractivity contribution in [3.63, 3.8) is 0 Å². The van der Waals surface area contributed by atoms with Gasteiger partial charge in [-0.3, -0.25) is 0 Å². The first-order valence-corrected chi connectivity index (χ1v) is 3.80. The molecule has 14 heavy (non-hydrogen) atoms. The van der Waals surface area contributed by atoms with Crippen molar-refractivity contribution in [2.45, 2.75) is 44.2 Å². The van der Waals surface area contributed by atoms with Gasteiger partial charge in [0.05, 0.1) is 6.42 Å². The minimum absolute atomic E-state index is 0.902. The second-order valence-corrected chi connectivity index (χ2v) is 3.03. The molecule has 0 rings (SSSR count). The molecular weight excluding hydrogens is 217 g/mol. The third-order valence-electron chi connectivity index (χ3n) is 1.49. The zero-order chi connectivity index (χ0) is 11.6. The minimum atomic E-state index is -5.13. The van der Waals surface area contributed by atoms with Gasteiger partial charge >= 0.3 is 6.18 Å². The molecule has 0 aromatic carbocycles. The molecule has 0 N–H and O–H groups in total. The highest BCUT2D eigenvalue weighted by atomic mass is 19.4. The van der Waals surface area contributed by atoms with Gasteiger partial charge < -0.3 is 0 Å². The van der Waals surface area contributed by atoms with Gasteiger partial charge in [0.2, 0.25) is 0 Å². The van der Waals surface area contributed by atoms with Crippen molar-refractivity contribution in [3.8, 4) is 0 Å². The SMILES string of the molecule is CCC(F)(F)CC(F)(F)CC(F)(F)F. The largest absolute Gasteiger partial charge is 0.394 e. The monoisotopic (exact) mass is 226 g/mol. The Morgan fingerprint density at radius 2 is 1.14 bits per heavy atom. The average molecular weight is 226 g/mol. The molecule has 0 atom stereocenters. The van der Waals surface area contributed by atoms with Crippen LogP contribution in [0.25, 0.3) is 0 Å². The summed E-state index contributed by atoms with van der Waals surface area (Å²) < 4.78 is 84.1. The lowest BCUT2D eigenvalue weighted by Crippen LogP contribution is -2.33. The van der Waals surface area contributed by atoms with Crippen LogP contribution in [0.1, 0.15) is 26.2 Å². The Kier molecular flexibility index (Phi) is 3.80. The highest BCUT2D eigenvalue weighted by molar-refractivity contribution is 4.78. The fourth-order valence-electron chi connectivity index (χ4n) is 0.859. The van der Waals surface area contributed by atoms with Crippen LogP contribution < -0.4 is 0 Å². The number of hydrogen-bond donors (Lipinski definition) is 0. The molecule has 0 radical (unpaired) electrons. The van der Waals surface area contributed by atoms with Crippen molar-refractivity contribution < 1.29 is 30.7 Å². The Labute approximate surface area is 76.1 Å². The molecule has 0 saturated carbocycles. The van der Waals surface area contributed by atoms with Crippen LogP contribution in [0.4, 0.5) is 30.7 Å². The summed E-state index contributed by atoms with van der Waals surface area (Å²) in [6.07, 6.45) is -10.6. The van der Waals surface area contributed by atoms with Crippen LogP contribution in [0.3, 0.4) is 0 Å². The van der Waals surface area contributed by atoms with E-state index in [1.807, 2.05) is 0 Å². The van der Waals surface area contributed by atoms with Gasteiger partial charge in [0.15, 0.2) is 0 Å². The lowest BCUT2D eigenvalue weighted by atomic mass is 10.1. The average Bonchev–Trinajstić information content (AvgIpc) is 1.78. The molecule has 0 aliphatic rings. The van der Waals surface area contributed by atoms with Crippen LogP contribution in [0.15, 0.2) is 0 Å². The van der Waals surface area contributed by atoms with Crippen molar-refractivity contribution in [3.05, 3.63) is 0 Å². The Morgan fingerprint density at radius 3 is 1.43 bits per heavy atom. The highest BCUT2D eigenvalue weighted by Gasteiger charge is 2.49. The van der Waals surface area contributed by atoms with Crippen LogP contribution in [0.5, 0.6) is 0 Å². The third-order valence-corrected chi connectivity index (χ3v) is 1.49. The van der Waals surface area contributed by atoms with E-state index in [9.17, 15) is 30.7 Å². The fourth-order valence-corrected chi connectivity index (χ4v) is 0.859. The molecule has 0 spiro atoms. The normalized spacial score (nSPS) is 14.6. The standard InChI is InChI=1S/C7H9F7/c1-2-5(8,9)3-6(10,11)4-7(12,13)14/h2-4H2,1H3. The summed E-state index contributed by atoms with van der Waals surface area (Å²) in [4.78, 5) is 0. The molecule has 0 heterocycles. The van der Waals surface area contributed by atoms with E-state index in [1.165, 1.54) is 0 Å². The summed E-state index contributed by atoms with van der Waals surface area (Å²) in [6.45, 7) is 0.934.